The highest BCUT2D eigenvalue weighted by Gasteiger charge is 2.56. The molecule has 0 spiro atoms. The Hall–Kier alpha value is -5.65. The minimum absolute atomic E-state index is 0.145. The molecule has 0 aromatic heterocycles. The molecule has 3 N–H and O–H groups in total. The number of carbonyl (C=O) groups is 1. The number of phenols is 2. The molecule has 5 aromatic carbocycles. The van der Waals surface area contributed by atoms with Crippen LogP contribution in [0.3, 0.4) is 0 Å². The lowest BCUT2D eigenvalue weighted by Gasteiger charge is -2.20. The largest absolute Gasteiger partial charge is 0.534 e. The van der Waals surface area contributed by atoms with Gasteiger partial charge < -0.3 is 24.2 Å². The fraction of sp³-hybridized carbons (Fsp3) is 0.396. The van der Waals surface area contributed by atoms with Crippen LogP contribution in [0.1, 0.15) is 88.2 Å². The minimum Gasteiger partial charge on any atom is -0.508 e. The second kappa shape index (κ2) is 23.2. The minimum atomic E-state index is -5.73. The van der Waals surface area contributed by atoms with Gasteiger partial charge in [0.2, 0.25) is 0 Å². The van der Waals surface area contributed by atoms with E-state index in [1.165, 1.54) is 37.5 Å². The second-order valence-electron chi connectivity index (χ2n) is 15.8. The number of unbranched alkanes of at least 4 members (excludes halogenated alkanes) is 7. The molecule has 66 heavy (non-hydrogen) atoms. The number of alkyl halides is 8. The van der Waals surface area contributed by atoms with Crippen molar-refractivity contribution in [2.75, 3.05) is 7.11 Å². The van der Waals surface area contributed by atoms with E-state index in [1.54, 1.807) is 36.4 Å². The SMILES string of the molecule is C=CCc1c(OS(=O)(=O)C(F)(F)F)ccc2cc(OC)ccc12.O=C(O)C(CCCCCCCCCCc1c(-c2ccc(O)c(F)c2)ccc2cc(O)ccc12)CCCC(F)(F)C(F)(F)F. The number of fused-ring (bicyclic) bond motifs is 2. The van der Waals surface area contributed by atoms with E-state index in [0.717, 1.165) is 73.3 Å². The Morgan fingerprint density at radius 2 is 1.32 bits per heavy atom. The number of aromatic hydroxyl groups is 2. The Kier molecular flexibility index (Phi) is 18.6. The van der Waals surface area contributed by atoms with Crippen LogP contribution in [0.5, 0.6) is 23.0 Å². The fourth-order valence-electron chi connectivity index (χ4n) is 7.53. The van der Waals surface area contributed by atoms with Gasteiger partial charge in [-0.25, -0.2) is 4.39 Å². The molecule has 1 unspecified atom stereocenters. The number of allylic oxidation sites excluding steroid dienone is 1. The highest BCUT2D eigenvalue weighted by molar-refractivity contribution is 7.88. The van der Waals surface area contributed by atoms with E-state index in [0.29, 0.717) is 34.1 Å². The van der Waals surface area contributed by atoms with E-state index in [9.17, 15) is 68.0 Å². The van der Waals surface area contributed by atoms with Gasteiger partial charge in [-0.05, 0) is 119 Å². The summed E-state index contributed by atoms with van der Waals surface area (Å²) >= 11 is 0. The highest BCUT2D eigenvalue weighted by Crippen LogP contribution is 2.40. The number of carboxylic acids is 1. The standard InChI is InChI=1S/C33H38F6O4.C15H13F3O4S/c34-29-21-24(14-18-30(29)41)26-16-13-23-20-25(40)15-17-27(23)28(26)12-8-6-4-2-1-3-5-7-10-22(31(42)43)11-9-19-32(35,36)33(37,38)39;1-3-4-13-12-7-6-11(21-2)9-10(12)5-8-14(13)22-23(19,20)15(16,17)18/h13-18,20-22,40-41H,1-12,19H2,(H,42,43);3,5-9H,1,4H2,2H3. The highest BCUT2D eigenvalue weighted by atomic mass is 32.2. The van der Waals surface area contributed by atoms with E-state index < -0.39 is 64.0 Å². The average molecular weight is 959 g/mol. The molecule has 0 fully saturated rings. The molecular formula is C48H51F9O8S. The number of benzene rings is 5. The average Bonchev–Trinajstić information content (AvgIpc) is 3.24. The molecule has 360 valence electrons. The van der Waals surface area contributed by atoms with Gasteiger partial charge in [0.1, 0.15) is 17.2 Å². The Morgan fingerprint density at radius 3 is 1.92 bits per heavy atom. The quantitative estimate of drug-likeness (QED) is 0.0206. The number of aliphatic carboxylic acids is 1. The zero-order valence-corrected chi connectivity index (χ0v) is 36.8. The van der Waals surface area contributed by atoms with Crippen LogP contribution in [0.2, 0.25) is 0 Å². The van der Waals surface area contributed by atoms with E-state index in [4.69, 9.17) is 4.74 Å². The molecule has 5 rings (SSSR count). The number of halogens is 9. The molecule has 0 aliphatic heterocycles. The molecule has 18 heteroatoms. The van der Waals surface area contributed by atoms with Crippen molar-refractivity contribution in [1.29, 1.82) is 0 Å². The van der Waals surface area contributed by atoms with Crippen LogP contribution in [-0.2, 0) is 27.8 Å². The maximum atomic E-state index is 14.1. The zero-order chi connectivity index (χ0) is 48.9. The summed E-state index contributed by atoms with van der Waals surface area (Å²) < 4.78 is 146. The Bertz CT molecular complexity index is 2540. The molecule has 5 aromatic rings. The third kappa shape index (κ3) is 14.4. The van der Waals surface area contributed by atoms with E-state index >= 15 is 0 Å². The van der Waals surface area contributed by atoms with Crippen LogP contribution in [-0.4, -0.2) is 54.4 Å². The molecule has 0 saturated carbocycles. The number of rotatable bonds is 22. The van der Waals surface area contributed by atoms with E-state index in [1.807, 2.05) is 18.2 Å². The van der Waals surface area contributed by atoms with E-state index in [2.05, 4.69) is 10.8 Å². The Morgan fingerprint density at radius 1 is 0.727 bits per heavy atom. The molecular weight excluding hydrogens is 908 g/mol. The van der Waals surface area contributed by atoms with Crippen molar-refractivity contribution in [3.05, 3.63) is 108 Å². The lowest BCUT2D eigenvalue weighted by Crippen LogP contribution is -2.36. The monoisotopic (exact) mass is 958 g/mol. The molecule has 0 aliphatic carbocycles. The predicted molar refractivity (Wildman–Crippen MR) is 234 cm³/mol. The summed E-state index contributed by atoms with van der Waals surface area (Å²) in [6.07, 6.45) is 1.83. The first-order valence-electron chi connectivity index (χ1n) is 21.1. The molecule has 0 amide bonds. The van der Waals surface area contributed by atoms with Crippen LogP contribution in [0.25, 0.3) is 32.7 Å². The van der Waals surface area contributed by atoms with Crippen molar-refractivity contribution in [3.63, 3.8) is 0 Å². The molecule has 0 saturated heterocycles. The summed E-state index contributed by atoms with van der Waals surface area (Å²) in [5, 5.41) is 31.9. The van der Waals surface area contributed by atoms with Crippen molar-refractivity contribution in [2.45, 2.75) is 107 Å². The molecule has 1 atom stereocenters. The van der Waals surface area contributed by atoms with Crippen molar-refractivity contribution in [2.24, 2.45) is 5.92 Å². The molecule has 0 heterocycles. The smallest absolute Gasteiger partial charge is 0.508 e. The fourth-order valence-corrected chi connectivity index (χ4v) is 8.02. The maximum absolute atomic E-state index is 14.1. The lowest BCUT2D eigenvalue weighted by molar-refractivity contribution is -0.284. The summed E-state index contributed by atoms with van der Waals surface area (Å²) in [5.74, 6) is -7.65. The van der Waals surface area contributed by atoms with Crippen molar-refractivity contribution in [3.8, 4) is 34.1 Å². The van der Waals surface area contributed by atoms with Crippen LogP contribution in [0, 0.1) is 11.7 Å². The number of hydrogen-bond donors (Lipinski definition) is 3. The molecule has 0 aliphatic rings. The van der Waals surface area contributed by atoms with Gasteiger partial charge in [0.05, 0.1) is 13.0 Å². The number of aryl methyl sites for hydroxylation is 1. The number of phenolic OH excluding ortho intramolecular Hbond substituents is 2. The van der Waals surface area contributed by atoms with E-state index in [-0.39, 0.29) is 30.8 Å². The summed E-state index contributed by atoms with van der Waals surface area (Å²) in [6, 6.07) is 20.8. The van der Waals surface area contributed by atoms with Crippen LogP contribution < -0.4 is 8.92 Å². The van der Waals surface area contributed by atoms with Gasteiger partial charge in [-0.1, -0.05) is 87.4 Å². The lowest BCUT2D eigenvalue weighted by atomic mass is 9.90. The van der Waals surface area contributed by atoms with Gasteiger partial charge in [0, 0.05) is 12.0 Å². The first kappa shape index (κ1) is 53.0. The topological polar surface area (TPSA) is 130 Å². The zero-order valence-electron chi connectivity index (χ0n) is 36.0. The molecule has 0 bridgehead atoms. The Labute approximate surface area is 376 Å². The Balaban J connectivity index is 0.000000347. The van der Waals surface area contributed by atoms with Gasteiger partial charge in [-0.2, -0.15) is 43.5 Å². The van der Waals surface area contributed by atoms with Gasteiger partial charge in [-0.15, -0.1) is 6.58 Å². The van der Waals surface area contributed by atoms with Crippen LogP contribution in [0.15, 0.2) is 91.5 Å². The van der Waals surface area contributed by atoms with Gasteiger partial charge >= 0.3 is 33.7 Å². The number of methoxy groups -OCH3 is 1. The van der Waals surface area contributed by atoms with Crippen molar-refractivity contribution in [1.82, 2.24) is 0 Å². The summed E-state index contributed by atoms with van der Waals surface area (Å²) in [6.45, 7) is 3.53. The number of ether oxygens (including phenoxy) is 1. The van der Waals surface area contributed by atoms with Crippen LogP contribution in [0.4, 0.5) is 39.5 Å². The number of carboxylic acid groups (broad SMARTS) is 1. The number of hydrogen-bond acceptors (Lipinski definition) is 7. The third-order valence-corrected chi connectivity index (χ3v) is 12.0. The van der Waals surface area contributed by atoms with Gasteiger partial charge in [0.25, 0.3) is 0 Å². The van der Waals surface area contributed by atoms with Crippen molar-refractivity contribution >= 4 is 37.6 Å². The normalized spacial score (nSPS) is 12.7. The summed E-state index contributed by atoms with van der Waals surface area (Å²) in [4.78, 5) is 11.4. The van der Waals surface area contributed by atoms with Gasteiger partial charge in [0.15, 0.2) is 11.6 Å². The first-order valence-corrected chi connectivity index (χ1v) is 22.5. The third-order valence-electron chi connectivity index (χ3n) is 11.0. The van der Waals surface area contributed by atoms with Crippen LogP contribution >= 0.6 is 0 Å². The molecule has 8 nitrogen and oxygen atoms in total. The first-order chi connectivity index (χ1) is 31.0. The van der Waals surface area contributed by atoms with Crippen molar-refractivity contribution < 1.29 is 77.0 Å². The predicted octanol–water partition coefficient (Wildman–Crippen LogP) is 14.0. The molecule has 0 radical (unpaired) electrons. The summed E-state index contributed by atoms with van der Waals surface area (Å²) in [7, 11) is -4.25. The maximum Gasteiger partial charge on any atom is 0.534 e. The second-order valence-corrected chi connectivity index (χ2v) is 17.3. The summed E-state index contributed by atoms with van der Waals surface area (Å²) in [5.41, 5.74) is -2.63. The van der Waals surface area contributed by atoms with Gasteiger partial charge in [-0.3, -0.25) is 4.79 Å².